The van der Waals surface area contributed by atoms with Crippen LogP contribution < -0.4 is 11.1 Å². The number of nitrogen functional groups attached to an aromatic ring is 1. The van der Waals surface area contributed by atoms with E-state index in [1.54, 1.807) is 11.3 Å². The molecule has 106 valence electrons. The molecule has 0 radical (unpaired) electrons. The number of rotatable bonds is 5. The van der Waals surface area contributed by atoms with E-state index in [1.807, 2.05) is 48.5 Å². The van der Waals surface area contributed by atoms with Gasteiger partial charge < -0.3 is 11.1 Å². The fraction of sp³-hybridized carbons (Fsp3) is 0.267. The van der Waals surface area contributed by atoms with Crippen molar-refractivity contribution in [1.29, 1.82) is 0 Å². The highest BCUT2D eigenvalue weighted by Crippen LogP contribution is 2.20. The van der Waals surface area contributed by atoms with Gasteiger partial charge in [0.2, 0.25) is 5.91 Å². The predicted molar refractivity (Wildman–Crippen MR) is 84.9 cm³/mol. The summed E-state index contributed by atoms with van der Waals surface area (Å²) in [5.41, 5.74) is 8.20. The van der Waals surface area contributed by atoms with Crippen molar-refractivity contribution in [2.75, 3.05) is 24.6 Å². The molecule has 20 heavy (non-hydrogen) atoms. The maximum Gasteiger partial charge on any atom is 0.238 e. The molecule has 5 heteroatoms. The molecule has 2 rings (SSSR count). The summed E-state index contributed by atoms with van der Waals surface area (Å²) in [7, 11) is 1.94. The molecule has 0 saturated heterocycles. The number of hydrogen-bond donors (Lipinski definition) is 2. The number of carbonyl (C=O) groups is 1. The molecular formula is C15H19N3OS. The van der Waals surface area contributed by atoms with E-state index in [4.69, 9.17) is 5.73 Å². The Morgan fingerprint density at radius 3 is 2.85 bits per heavy atom. The number of nitrogens with zero attached hydrogens (tertiary/aromatic N) is 1. The smallest absolute Gasteiger partial charge is 0.238 e. The third kappa shape index (κ3) is 3.82. The minimum Gasteiger partial charge on any atom is -0.398 e. The largest absolute Gasteiger partial charge is 0.398 e. The summed E-state index contributed by atoms with van der Waals surface area (Å²) in [4.78, 5) is 15.3. The second-order valence-corrected chi connectivity index (χ2v) is 5.85. The van der Waals surface area contributed by atoms with E-state index in [0.717, 1.165) is 17.8 Å². The lowest BCUT2D eigenvalue weighted by molar-refractivity contribution is -0.117. The Morgan fingerprint density at radius 2 is 2.15 bits per heavy atom. The minimum atomic E-state index is -0.0299. The van der Waals surface area contributed by atoms with Crippen LogP contribution in [0.3, 0.4) is 0 Å². The lowest BCUT2D eigenvalue weighted by Gasteiger charge is -2.16. The van der Waals surface area contributed by atoms with Gasteiger partial charge in [-0.25, -0.2) is 0 Å². The Labute approximate surface area is 123 Å². The molecule has 0 unspecified atom stereocenters. The van der Waals surface area contributed by atoms with Crippen LogP contribution in [0, 0.1) is 6.92 Å². The van der Waals surface area contributed by atoms with Crippen molar-refractivity contribution in [3.05, 3.63) is 46.2 Å². The molecule has 4 nitrogen and oxygen atoms in total. The van der Waals surface area contributed by atoms with Gasteiger partial charge in [0, 0.05) is 22.8 Å². The van der Waals surface area contributed by atoms with Crippen molar-refractivity contribution in [2.24, 2.45) is 0 Å². The summed E-state index contributed by atoms with van der Waals surface area (Å²) in [5, 5.41) is 4.95. The van der Waals surface area contributed by atoms with Gasteiger partial charge in [-0.3, -0.25) is 9.69 Å². The Balaban J connectivity index is 1.90. The van der Waals surface area contributed by atoms with Crippen molar-refractivity contribution >= 4 is 28.6 Å². The third-order valence-electron chi connectivity index (χ3n) is 3.07. The van der Waals surface area contributed by atoms with E-state index in [1.165, 1.54) is 4.88 Å². The maximum absolute atomic E-state index is 12.0. The van der Waals surface area contributed by atoms with Crippen LogP contribution in [-0.2, 0) is 11.3 Å². The second kappa shape index (κ2) is 6.54. The zero-order valence-electron chi connectivity index (χ0n) is 11.7. The highest BCUT2D eigenvalue weighted by molar-refractivity contribution is 7.09. The van der Waals surface area contributed by atoms with Gasteiger partial charge in [-0.2, -0.15) is 0 Å². The molecule has 1 aromatic heterocycles. The highest BCUT2D eigenvalue weighted by atomic mass is 32.1. The lowest BCUT2D eigenvalue weighted by Crippen LogP contribution is -2.29. The minimum absolute atomic E-state index is 0.0299. The first-order valence-electron chi connectivity index (χ1n) is 6.42. The fourth-order valence-electron chi connectivity index (χ4n) is 1.95. The zero-order valence-corrected chi connectivity index (χ0v) is 12.5. The zero-order chi connectivity index (χ0) is 14.5. The van der Waals surface area contributed by atoms with Gasteiger partial charge in [0.25, 0.3) is 0 Å². The molecule has 0 fully saturated rings. The number of anilines is 2. The SMILES string of the molecule is Cc1c(N)cccc1NC(=O)CN(C)Cc1cccs1. The number of nitrogens with one attached hydrogen (secondary N) is 1. The molecule has 1 heterocycles. The van der Waals surface area contributed by atoms with E-state index in [2.05, 4.69) is 11.4 Å². The highest BCUT2D eigenvalue weighted by Gasteiger charge is 2.10. The van der Waals surface area contributed by atoms with Crippen LogP contribution in [0.4, 0.5) is 11.4 Å². The first kappa shape index (κ1) is 14.6. The van der Waals surface area contributed by atoms with Gasteiger partial charge in [-0.1, -0.05) is 12.1 Å². The van der Waals surface area contributed by atoms with E-state index < -0.39 is 0 Å². The number of hydrogen-bond acceptors (Lipinski definition) is 4. The van der Waals surface area contributed by atoms with Crippen molar-refractivity contribution in [1.82, 2.24) is 4.90 Å². The van der Waals surface area contributed by atoms with Gasteiger partial charge in [0.15, 0.2) is 0 Å². The van der Waals surface area contributed by atoms with Crippen molar-refractivity contribution in [3.63, 3.8) is 0 Å². The lowest BCUT2D eigenvalue weighted by atomic mass is 10.1. The van der Waals surface area contributed by atoms with Gasteiger partial charge in [-0.05, 0) is 43.1 Å². The van der Waals surface area contributed by atoms with Crippen LogP contribution in [0.1, 0.15) is 10.4 Å². The van der Waals surface area contributed by atoms with Crippen molar-refractivity contribution < 1.29 is 4.79 Å². The number of likely N-dealkylation sites (N-methyl/N-ethyl adjacent to an activating group) is 1. The Kier molecular flexibility index (Phi) is 4.76. The first-order valence-corrected chi connectivity index (χ1v) is 7.30. The second-order valence-electron chi connectivity index (χ2n) is 4.82. The molecule has 1 amide bonds. The van der Waals surface area contributed by atoms with Gasteiger partial charge in [0.1, 0.15) is 0 Å². The monoisotopic (exact) mass is 289 g/mol. The standard InChI is InChI=1S/C15H19N3OS/c1-11-13(16)6-3-7-14(11)17-15(19)10-18(2)9-12-5-4-8-20-12/h3-8H,9-10,16H2,1-2H3,(H,17,19). The normalized spacial score (nSPS) is 10.8. The molecule has 0 aliphatic heterocycles. The number of carbonyl (C=O) groups excluding carboxylic acids is 1. The number of thiophene rings is 1. The summed E-state index contributed by atoms with van der Waals surface area (Å²) < 4.78 is 0. The van der Waals surface area contributed by atoms with Crippen LogP contribution >= 0.6 is 11.3 Å². The molecular weight excluding hydrogens is 270 g/mol. The molecule has 0 bridgehead atoms. The van der Waals surface area contributed by atoms with E-state index in [9.17, 15) is 4.79 Å². The topological polar surface area (TPSA) is 58.4 Å². The molecule has 3 N–H and O–H groups in total. The van der Waals surface area contributed by atoms with E-state index in [-0.39, 0.29) is 5.91 Å². The first-order chi connectivity index (χ1) is 9.56. The summed E-state index contributed by atoms with van der Waals surface area (Å²) in [6.07, 6.45) is 0. The Hall–Kier alpha value is -1.85. The maximum atomic E-state index is 12.0. The van der Waals surface area contributed by atoms with E-state index >= 15 is 0 Å². The number of amides is 1. The summed E-state index contributed by atoms with van der Waals surface area (Å²) in [6.45, 7) is 3.04. The molecule has 0 aliphatic rings. The number of nitrogens with two attached hydrogens (primary N) is 1. The molecule has 0 spiro atoms. The molecule has 0 saturated carbocycles. The average Bonchev–Trinajstić information content (AvgIpc) is 2.87. The van der Waals surface area contributed by atoms with Crippen molar-refractivity contribution in [3.8, 4) is 0 Å². The van der Waals surface area contributed by atoms with Crippen LogP contribution in [0.2, 0.25) is 0 Å². The average molecular weight is 289 g/mol. The van der Waals surface area contributed by atoms with Crippen LogP contribution in [0.15, 0.2) is 35.7 Å². The van der Waals surface area contributed by atoms with Gasteiger partial charge >= 0.3 is 0 Å². The summed E-state index contributed by atoms with van der Waals surface area (Å²) in [6, 6.07) is 9.62. The Morgan fingerprint density at radius 1 is 1.35 bits per heavy atom. The van der Waals surface area contributed by atoms with Crippen molar-refractivity contribution in [2.45, 2.75) is 13.5 Å². The van der Waals surface area contributed by atoms with Crippen LogP contribution in [0.5, 0.6) is 0 Å². The van der Waals surface area contributed by atoms with Crippen LogP contribution in [-0.4, -0.2) is 24.4 Å². The van der Waals surface area contributed by atoms with Crippen LogP contribution in [0.25, 0.3) is 0 Å². The summed E-state index contributed by atoms with van der Waals surface area (Å²) >= 11 is 1.70. The molecule has 1 aromatic carbocycles. The molecule has 0 aliphatic carbocycles. The summed E-state index contributed by atoms with van der Waals surface area (Å²) in [5.74, 6) is -0.0299. The van der Waals surface area contributed by atoms with E-state index in [0.29, 0.717) is 12.2 Å². The fourth-order valence-corrected chi connectivity index (χ4v) is 2.73. The quantitative estimate of drug-likeness (QED) is 0.832. The molecule has 0 atom stereocenters. The predicted octanol–water partition coefficient (Wildman–Crippen LogP) is 2.71. The van der Waals surface area contributed by atoms with Gasteiger partial charge in [0.05, 0.1) is 6.54 Å². The number of benzene rings is 1. The van der Waals surface area contributed by atoms with Gasteiger partial charge in [-0.15, -0.1) is 11.3 Å². The Bertz CT molecular complexity index is 581. The third-order valence-corrected chi connectivity index (χ3v) is 3.93. The molecule has 2 aromatic rings.